The molecule has 1 saturated heterocycles. The Morgan fingerprint density at radius 1 is 0.914 bits per heavy atom. The molecule has 0 aromatic heterocycles. The van der Waals surface area contributed by atoms with Crippen LogP contribution in [0.15, 0.2) is 36.4 Å². The number of ether oxygens (including phenoxy) is 4. The van der Waals surface area contributed by atoms with Crippen LogP contribution >= 0.6 is 0 Å². The van der Waals surface area contributed by atoms with Crippen molar-refractivity contribution >= 4 is 0 Å². The van der Waals surface area contributed by atoms with E-state index in [0.717, 1.165) is 6.07 Å². The molecule has 0 radical (unpaired) electrons. The summed E-state index contributed by atoms with van der Waals surface area (Å²) in [6.07, 6.45) is -13.0. The first-order chi connectivity index (χ1) is 16.7. The number of hydrogen-bond acceptors (Lipinski definition) is 12. The van der Waals surface area contributed by atoms with Crippen molar-refractivity contribution in [3.8, 4) is 23.0 Å². The van der Waals surface area contributed by atoms with Crippen molar-refractivity contribution in [3.63, 3.8) is 0 Å². The summed E-state index contributed by atoms with van der Waals surface area (Å²) < 4.78 is 21.4. The summed E-state index contributed by atoms with van der Waals surface area (Å²) in [6, 6.07) is 9.10. The van der Waals surface area contributed by atoms with Crippen LogP contribution in [0.3, 0.4) is 0 Å². The van der Waals surface area contributed by atoms with Crippen molar-refractivity contribution in [2.75, 3.05) is 20.8 Å². The first-order valence-corrected chi connectivity index (χ1v) is 10.7. The van der Waals surface area contributed by atoms with Crippen molar-refractivity contribution in [2.45, 2.75) is 49.0 Å². The van der Waals surface area contributed by atoms with Gasteiger partial charge in [-0.15, -0.1) is 0 Å². The zero-order valence-electron chi connectivity index (χ0n) is 19.0. The molecule has 0 bridgehead atoms. The fourth-order valence-corrected chi connectivity index (χ4v) is 3.94. The molecule has 2 aromatic rings. The smallest absolute Gasteiger partial charge is 0.203 e. The molecule has 1 aliphatic rings. The third-order valence-corrected chi connectivity index (χ3v) is 5.81. The van der Waals surface area contributed by atoms with E-state index in [9.17, 15) is 40.9 Å². The summed E-state index contributed by atoms with van der Waals surface area (Å²) in [6.45, 7) is -0.683. The first kappa shape index (κ1) is 26.9. The third-order valence-electron chi connectivity index (χ3n) is 5.81. The average molecular weight is 498 g/mol. The number of benzene rings is 2. The Morgan fingerprint density at radius 3 is 2.11 bits per heavy atom. The van der Waals surface area contributed by atoms with Crippen molar-refractivity contribution in [1.29, 1.82) is 0 Å². The molecule has 8 N–H and O–H groups in total. The van der Waals surface area contributed by atoms with Gasteiger partial charge in [0.1, 0.15) is 42.4 Å². The maximum atomic E-state index is 10.8. The zero-order valence-corrected chi connectivity index (χ0v) is 19.0. The van der Waals surface area contributed by atoms with Gasteiger partial charge in [-0.25, -0.2) is 0 Å². The van der Waals surface area contributed by atoms with Gasteiger partial charge in [-0.3, -0.25) is 0 Å². The lowest BCUT2D eigenvalue weighted by Gasteiger charge is -2.40. The number of aliphatic hydroxyl groups is 7. The lowest BCUT2D eigenvalue weighted by Crippen LogP contribution is -2.60. The van der Waals surface area contributed by atoms with E-state index in [4.69, 9.17) is 18.9 Å². The number of rotatable bonds is 9. The van der Waals surface area contributed by atoms with Gasteiger partial charge >= 0.3 is 0 Å². The third kappa shape index (κ3) is 5.29. The lowest BCUT2D eigenvalue weighted by atomic mass is 9.94. The van der Waals surface area contributed by atoms with E-state index in [1.54, 1.807) is 30.3 Å². The van der Waals surface area contributed by atoms with Gasteiger partial charge in [0.25, 0.3) is 0 Å². The Kier molecular flexibility index (Phi) is 8.74. The van der Waals surface area contributed by atoms with Gasteiger partial charge in [0.2, 0.25) is 5.75 Å². The molecule has 0 spiro atoms. The number of phenolic OH excluding ortho intramolecular Hbond substituents is 1. The molecule has 0 saturated carbocycles. The highest BCUT2D eigenvalue weighted by molar-refractivity contribution is 5.62. The molecule has 0 aliphatic carbocycles. The summed E-state index contributed by atoms with van der Waals surface area (Å²) in [7, 11) is 2.43. The molecule has 12 nitrogen and oxygen atoms in total. The van der Waals surface area contributed by atoms with E-state index in [2.05, 4.69) is 0 Å². The van der Waals surface area contributed by atoms with Crippen LogP contribution in [0.4, 0.5) is 0 Å². The highest BCUT2D eigenvalue weighted by Crippen LogP contribution is 2.49. The number of methoxy groups -OCH3 is 2. The minimum atomic E-state index is -1.84. The Labute approximate surface area is 200 Å². The maximum Gasteiger partial charge on any atom is 0.203 e. The molecule has 1 heterocycles. The van der Waals surface area contributed by atoms with Gasteiger partial charge in [0.15, 0.2) is 23.9 Å². The van der Waals surface area contributed by atoms with E-state index >= 15 is 0 Å². The van der Waals surface area contributed by atoms with Gasteiger partial charge in [0, 0.05) is 6.07 Å². The predicted octanol–water partition coefficient (Wildman–Crippen LogP) is -1.28. The minimum Gasteiger partial charge on any atom is -0.507 e. The number of phenols is 1. The van der Waals surface area contributed by atoms with E-state index in [0.29, 0.717) is 5.56 Å². The van der Waals surface area contributed by atoms with Crippen LogP contribution < -0.4 is 14.2 Å². The Hall–Kier alpha value is -2.68. The summed E-state index contributed by atoms with van der Waals surface area (Å²) in [5.74, 6) is -1.27. The van der Waals surface area contributed by atoms with Gasteiger partial charge in [-0.05, 0) is 5.56 Å². The molecule has 3 rings (SSSR count). The molecule has 35 heavy (non-hydrogen) atoms. The normalized spacial score (nSPS) is 27.1. The van der Waals surface area contributed by atoms with Crippen molar-refractivity contribution in [1.82, 2.24) is 0 Å². The highest BCUT2D eigenvalue weighted by Gasteiger charge is 2.46. The van der Waals surface area contributed by atoms with Crippen LogP contribution in [0.25, 0.3) is 0 Å². The largest absolute Gasteiger partial charge is 0.507 e. The SMILES string of the molecule is COc1c(OC2C(CO)OC(O)C(O)C2O)cc(O)c(C(O)C(O)C(O)c2ccccc2)c1OC. The molecular formula is C23H30O12. The second kappa shape index (κ2) is 11.4. The molecule has 1 fully saturated rings. The second-order valence-electron chi connectivity index (χ2n) is 7.98. The Bertz CT molecular complexity index is 969. The number of aliphatic hydroxyl groups excluding tert-OH is 7. The second-order valence-corrected chi connectivity index (χ2v) is 7.98. The number of aromatic hydroxyl groups is 1. The van der Waals surface area contributed by atoms with Crippen molar-refractivity contribution in [3.05, 3.63) is 47.5 Å². The molecule has 2 aromatic carbocycles. The quantitative estimate of drug-likeness (QED) is 0.204. The molecule has 8 unspecified atom stereocenters. The van der Waals surface area contributed by atoms with Crippen LogP contribution in [0, 0.1) is 0 Å². The summed E-state index contributed by atoms with van der Waals surface area (Å²) in [5, 5.41) is 82.2. The fraction of sp³-hybridized carbons (Fsp3) is 0.478. The van der Waals surface area contributed by atoms with Crippen LogP contribution in [-0.4, -0.2) is 98.5 Å². The number of hydrogen-bond donors (Lipinski definition) is 8. The minimum absolute atomic E-state index is 0.176. The molecule has 8 atom stereocenters. The zero-order chi connectivity index (χ0) is 25.9. The van der Waals surface area contributed by atoms with Crippen LogP contribution in [-0.2, 0) is 4.74 Å². The molecule has 194 valence electrons. The van der Waals surface area contributed by atoms with Gasteiger partial charge in [0.05, 0.1) is 26.4 Å². The van der Waals surface area contributed by atoms with Crippen LogP contribution in [0.1, 0.15) is 23.3 Å². The van der Waals surface area contributed by atoms with Gasteiger partial charge < -0.3 is 59.8 Å². The summed E-state index contributed by atoms with van der Waals surface area (Å²) >= 11 is 0. The fourth-order valence-electron chi connectivity index (χ4n) is 3.94. The average Bonchev–Trinajstić information content (AvgIpc) is 2.87. The molecule has 12 heteroatoms. The first-order valence-electron chi connectivity index (χ1n) is 10.7. The van der Waals surface area contributed by atoms with Crippen molar-refractivity contribution < 1.29 is 59.8 Å². The predicted molar refractivity (Wildman–Crippen MR) is 118 cm³/mol. The summed E-state index contributed by atoms with van der Waals surface area (Å²) in [5.41, 5.74) is 0.0142. The molecule has 0 amide bonds. The summed E-state index contributed by atoms with van der Waals surface area (Å²) in [4.78, 5) is 0. The maximum absolute atomic E-state index is 10.8. The molecule has 1 aliphatic heterocycles. The van der Waals surface area contributed by atoms with Crippen LogP contribution in [0.5, 0.6) is 23.0 Å². The Morgan fingerprint density at radius 2 is 1.54 bits per heavy atom. The topological polar surface area (TPSA) is 199 Å². The molecular weight excluding hydrogens is 468 g/mol. The highest BCUT2D eigenvalue weighted by atomic mass is 16.7. The monoisotopic (exact) mass is 498 g/mol. The van der Waals surface area contributed by atoms with Crippen LogP contribution in [0.2, 0.25) is 0 Å². The van der Waals surface area contributed by atoms with Gasteiger partial charge in [-0.1, -0.05) is 30.3 Å². The van der Waals surface area contributed by atoms with E-state index < -0.39 is 61.4 Å². The standard InChI is InChI=1S/C23H30O12/c1-32-21-12(34-20-13(9-24)35-23(31)19(30)18(20)29)8-11(25)14(22(21)33-2)16(27)17(28)15(26)10-6-4-3-5-7-10/h3-8,13,15-20,23-31H,9H2,1-2H3. The van der Waals surface area contributed by atoms with Crippen molar-refractivity contribution in [2.24, 2.45) is 0 Å². The van der Waals surface area contributed by atoms with E-state index in [-0.39, 0.29) is 22.8 Å². The van der Waals surface area contributed by atoms with Gasteiger partial charge in [-0.2, -0.15) is 0 Å². The lowest BCUT2D eigenvalue weighted by molar-refractivity contribution is -0.282. The van der Waals surface area contributed by atoms with E-state index in [1.165, 1.54) is 14.2 Å². The Balaban J connectivity index is 1.98. The van der Waals surface area contributed by atoms with E-state index in [1.807, 2.05) is 0 Å².